The van der Waals surface area contributed by atoms with Crippen molar-refractivity contribution in [1.82, 2.24) is 10.1 Å². The van der Waals surface area contributed by atoms with Gasteiger partial charge in [0, 0.05) is 12.1 Å². The maximum absolute atomic E-state index is 9.12. The highest BCUT2D eigenvalue weighted by Crippen LogP contribution is 2.19. The van der Waals surface area contributed by atoms with Crippen LogP contribution in [0.25, 0.3) is 11.4 Å². The lowest BCUT2D eigenvalue weighted by molar-refractivity contribution is 0.432. The lowest BCUT2D eigenvalue weighted by Crippen LogP contribution is -1.95. The van der Waals surface area contributed by atoms with Gasteiger partial charge in [-0.1, -0.05) is 5.16 Å². The first-order valence-corrected chi connectivity index (χ1v) is 4.66. The standard InChI is InChI=1S/C10H11N3O2/c1-2-11-10-12-9(13-15-10)7-3-5-8(14)6-4-7/h3-6,14H,2H2,1H3,(H,11,12,13). The molecule has 0 aliphatic carbocycles. The Balaban J connectivity index is 2.25. The van der Waals surface area contributed by atoms with E-state index in [0.29, 0.717) is 11.8 Å². The van der Waals surface area contributed by atoms with Gasteiger partial charge in [0.05, 0.1) is 0 Å². The van der Waals surface area contributed by atoms with Gasteiger partial charge in [0.15, 0.2) is 0 Å². The number of hydrogen-bond acceptors (Lipinski definition) is 5. The zero-order valence-electron chi connectivity index (χ0n) is 8.27. The van der Waals surface area contributed by atoms with Gasteiger partial charge in [0.25, 0.3) is 0 Å². The Bertz CT molecular complexity index is 436. The quantitative estimate of drug-likeness (QED) is 0.800. The normalized spacial score (nSPS) is 10.2. The Morgan fingerprint density at radius 1 is 1.33 bits per heavy atom. The van der Waals surface area contributed by atoms with Gasteiger partial charge in [-0.3, -0.25) is 0 Å². The molecule has 2 aromatic rings. The van der Waals surface area contributed by atoms with Gasteiger partial charge < -0.3 is 14.9 Å². The van der Waals surface area contributed by atoms with Crippen molar-refractivity contribution in [3.8, 4) is 17.1 Å². The first-order chi connectivity index (χ1) is 7.29. The Kier molecular flexibility index (Phi) is 2.53. The van der Waals surface area contributed by atoms with Crippen LogP contribution in [-0.2, 0) is 0 Å². The highest BCUT2D eigenvalue weighted by Gasteiger charge is 2.06. The van der Waals surface area contributed by atoms with E-state index in [1.807, 2.05) is 6.92 Å². The Morgan fingerprint density at radius 2 is 2.07 bits per heavy atom. The molecule has 5 heteroatoms. The summed E-state index contributed by atoms with van der Waals surface area (Å²) in [6, 6.07) is 7.03. The molecule has 0 amide bonds. The zero-order chi connectivity index (χ0) is 10.7. The van der Waals surface area contributed by atoms with E-state index in [9.17, 15) is 0 Å². The predicted octanol–water partition coefficient (Wildman–Crippen LogP) is 1.87. The number of phenolic OH excluding ortho intramolecular Hbond substituents is 1. The lowest BCUT2D eigenvalue weighted by atomic mass is 10.2. The maximum Gasteiger partial charge on any atom is 0.321 e. The Morgan fingerprint density at radius 3 is 2.73 bits per heavy atom. The van der Waals surface area contributed by atoms with Gasteiger partial charge in [-0.15, -0.1) is 0 Å². The molecule has 0 bridgehead atoms. The third kappa shape index (κ3) is 2.07. The van der Waals surface area contributed by atoms with Crippen molar-refractivity contribution in [2.24, 2.45) is 0 Å². The third-order valence-electron chi connectivity index (χ3n) is 1.88. The Hall–Kier alpha value is -2.04. The number of aromatic nitrogens is 2. The SMILES string of the molecule is CCNc1nc(-c2ccc(O)cc2)no1. The average Bonchev–Trinajstić information content (AvgIpc) is 2.68. The van der Waals surface area contributed by atoms with Gasteiger partial charge >= 0.3 is 6.01 Å². The summed E-state index contributed by atoms with van der Waals surface area (Å²) in [5, 5.41) is 15.8. The molecular weight excluding hydrogens is 194 g/mol. The topological polar surface area (TPSA) is 71.2 Å². The van der Waals surface area contributed by atoms with Crippen LogP contribution in [0.15, 0.2) is 28.8 Å². The van der Waals surface area contributed by atoms with Gasteiger partial charge in [-0.2, -0.15) is 4.98 Å². The van der Waals surface area contributed by atoms with Crippen molar-refractivity contribution in [3.05, 3.63) is 24.3 Å². The molecule has 1 aromatic heterocycles. The largest absolute Gasteiger partial charge is 0.508 e. The fourth-order valence-electron chi connectivity index (χ4n) is 1.17. The van der Waals surface area contributed by atoms with Gasteiger partial charge in [0.2, 0.25) is 5.82 Å². The second kappa shape index (κ2) is 4.00. The summed E-state index contributed by atoms with van der Waals surface area (Å²) in [7, 11) is 0. The Labute approximate surface area is 86.7 Å². The zero-order valence-corrected chi connectivity index (χ0v) is 8.27. The summed E-state index contributed by atoms with van der Waals surface area (Å²) in [6.07, 6.45) is 0. The molecule has 0 atom stereocenters. The van der Waals surface area contributed by atoms with Crippen molar-refractivity contribution in [1.29, 1.82) is 0 Å². The van der Waals surface area contributed by atoms with Crippen molar-refractivity contribution in [2.75, 3.05) is 11.9 Å². The number of nitrogens with zero attached hydrogens (tertiary/aromatic N) is 2. The molecule has 78 valence electrons. The number of phenols is 1. The minimum atomic E-state index is 0.217. The molecule has 2 rings (SSSR count). The van der Waals surface area contributed by atoms with E-state index in [0.717, 1.165) is 12.1 Å². The molecule has 0 saturated carbocycles. The predicted molar refractivity (Wildman–Crippen MR) is 55.6 cm³/mol. The van der Waals surface area contributed by atoms with Crippen LogP contribution in [0.2, 0.25) is 0 Å². The van der Waals surface area contributed by atoms with E-state index in [1.54, 1.807) is 24.3 Å². The van der Waals surface area contributed by atoms with Gasteiger partial charge in [-0.25, -0.2) is 0 Å². The van der Waals surface area contributed by atoms with Crippen molar-refractivity contribution < 1.29 is 9.63 Å². The highest BCUT2D eigenvalue weighted by molar-refractivity contribution is 5.56. The number of nitrogens with one attached hydrogen (secondary N) is 1. The second-order valence-electron chi connectivity index (χ2n) is 3.00. The molecule has 2 N–H and O–H groups in total. The summed E-state index contributed by atoms with van der Waals surface area (Å²) in [5.41, 5.74) is 0.806. The number of benzene rings is 1. The van der Waals surface area contributed by atoms with Crippen LogP contribution in [0.3, 0.4) is 0 Å². The molecule has 1 heterocycles. The van der Waals surface area contributed by atoms with E-state index in [2.05, 4.69) is 15.5 Å². The van der Waals surface area contributed by atoms with Crippen LogP contribution in [0.4, 0.5) is 6.01 Å². The van der Waals surface area contributed by atoms with Crippen LogP contribution < -0.4 is 5.32 Å². The summed E-state index contributed by atoms with van der Waals surface area (Å²) in [6.45, 7) is 2.68. The molecule has 0 aliphatic rings. The number of aromatic hydroxyl groups is 1. The molecule has 15 heavy (non-hydrogen) atoms. The second-order valence-corrected chi connectivity index (χ2v) is 3.00. The highest BCUT2D eigenvalue weighted by atomic mass is 16.5. The monoisotopic (exact) mass is 205 g/mol. The molecule has 0 fully saturated rings. The summed E-state index contributed by atoms with van der Waals surface area (Å²) in [5.74, 6) is 0.722. The molecule has 0 aliphatic heterocycles. The molecule has 0 saturated heterocycles. The van der Waals surface area contributed by atoms with E-state index in [1.165, 1.54) is 0 Å². The summed E-state index contributed by atoms with van der Waals surface area (Å²) in [4.78, 5) is 4.13. The molecule has 0 radical (unpaired) electrons. The summed E-state index contributed by atoms with van der Waals surface area (Å²) >= 11 is 0. The van der Waals surface area contributed by atoms with E-state index in [-0.39, 0.29) is 5.75 Å². The number of hydrogen-bond donors (Lipinski definition) is 2. The van der Waals surface area contributed by atoms with Gasteiger partial charge in [0.1, 0.15) is 5.75 Å². The molecule has 0 unspecified atom stereocenters. The van der Waals surface area contributed by atoms with Crippen LogP contribution in [0.1, 0.15) is 6.92 Å². The molecule has 0 spiro atoms. The minimum Gasteiger partial charge on any atom is -0.508 e. The van der Waals surface area contributed by atoms with E-state index in [4.69, 9.17) is 9.63 Å². The molecular formula is C10H11N3O2. The van der Waals surface area contributed by atoms with Crippen LogP contribution in [0, 0.1) is 0 Å². The van der Waals surface area contributed by atoms with Crippen molar-refractivity contribution in [3.63, 3.8) is 0 Å². The van der Waals surface area contributed by atoms with Gasteiger partial charge in [-0.05, 0) is 31.2 Å². The van der Waals surface area contributed by atoms with Crippen molar-refractivity contribution in [2.45, 2.75) is 6.92 Å². The van der Waals surface area contributed by atoms with E-state index >= 15 is 0 Å². The minimum absolute atomic E-state index is 0.217. The fourth-order valence-corrected chi connectivity index (χ4v) is 1.17. The van der Waals surface area contributed by atoms with Crippen LogP contribution in [-0.4, -0.2) is 21.8 Å². The van der Waals surface area contributed by atoms with Crippen molar-refractivity contribution >= 4 is 6.01 Å². The third-order valence-corrected chi connectivity index (χ3v) is 1.88. The average molecular weight is 205 g/mol. The van der Waals surface area contributed by atoms with E-state index < -0.39 is 0 Å². The van der Waals surface area contributed by atoms with Crippen LogP contribution in [0.5, 0.6) is 5.75 Å². The smallest absolute Gasteiger partial charge is 0.321 e. The molecule has 1 aromatic carbocycles. The fraction of sp³-hybridized carbons (Fsp3) is 0.200. The maximum atomic E-state index is 9.12. The lowest BCUT2D eigenvalue weighted by Gasteiger charge is -1.94. The van der Waals surface area contributed by atoms with Crippen LogP contribution >= 0.6 is 0 Å². The molecule has 5 nitrogen and oxygen atoms in total. The summed E-state index contributed by atoms with van der Waals surface area (Å²) < 4.78 is 4.95. The number of anilines is 1. The first kappa shape index (κ1) is 9.51. The first-order valence-electron chi connectivity index (χ1n) is 4.66. The number of rotatable bonds is 3.